The van der Waals surface area contributed by atoms with E-state index in [1.807, 2.05) is 0 Å². The van der Waals surface area contributed by atoms with Crippen molar-refractivity contribution in [2.75, 3.05) is 0 Å². The molecule has 1 N–H and O–H groups in total. The third kappa shape index (κ3) is 2.86. The maximum Gasteiger partial charge on any atom is 0.331 e. The van der Waals surface area contributed by atoms with Crippen LogP contribution in [0.3, 0.4) is 0 Å². The van der Waals surface area contributed by atoms with Gasteiger partial charge in [0.2, 0.25) is 0 Å². The lowest BCUT2D eigenvalue weighted by atomic mass is 9.96. The molecule has 1 heterocycles. The van der Waals surface area contributed by atoms with E-state index >= 15 is 0 Å². The normalized spacial score (nSPS) is 12.1. The van der Waals surface area contributed by atoms with Crippen molar-refractivity contribution in [1.82, 2.24) is 20.2 Å². The fourth-order valence-corrected chi connectivity index (χ4v) is 2.04. The lowest BCUT2D eigenvalue weighted by Crippen LogP contribution is -2.38. The number of aromatic nitrogens is 4. The molecule has 1 aromatic rings. The maximum atomic E-state index is 11.3. The van der Waals surface area contributed by atoms with Crippen molar-refractivity contribution < 1.29 is 9.90 Å². The second-order valence-electron chi connectivity index (χ2n) is 5.09. The molecule has 1 aromatic heterocycles. The summed E-state index contributed by atoms with van der Waals surface area (Å²) in [5.74, 6) is -0.0116. The van der Waals surface area contributed by atoms with Gasteiger partial charge in [-0.1, -0.05) is 26.7 Å². The van der Waals surface area contributed by atoms with Gasteiger partial charge in [-0.25, -0.2) is 9.48 Å². The van der Waals surface area contributed by atoms with Crippen molar-refractivity contribution in [2.45, 2.75) is 64.8 Å². The molecule has 102 valence electrons. The van der Waals surface area contributed by atoms with Gasteiger partial charge in [0.1, 0.15) is 0 Å². The Kier molecular flexibility index (Phi) is 4.81. The number of carbonyl (C=O) groups is 1. The minimum absolute atomic E-state index is 0.230. The third-order valence-corrected chi connectivity index (χ3v) is 3.19. The first-order chi connectivity index (χ1) is 8.45. The van der Waals surface area contributed by atoms with Gasteiger partial charge in [-0.2, -0.15) is 0 Å². The quantitative estimate of drug-likeness (QED) is 0.806. The van der Waals surface area contributed by atoms with E-state index in [1.165, 1.54) is 4.68 Å². The molecule has 0 atom stereocenters. The van der Waals surface area contributed by atoms with Crippen molar-refractivity contribution in [3.05, 3.63) is 5.82 Å². The molecule has 0 aliphatic rings. The van der Waals surface area contributed by atoms with E-state index in [4.69, 9.17) is 0 Å². The number of tetrazole rings is 1. The van der Waals surface area contributed by atoms with Crippen molar-refractivity contribution in [3.8, 4) is 0 Å². The monoisotopic (exact) mass is 254 g/mol. The summed E-state index contributed by atoms with van der Waals surface area (Å²) >= 11 is 0. The van der Waals surface area contributed by atoms with Crippen LogP contribution < -0.4 is 0 Å². The molecule has 0 bridgehead atoms. The van der Waals surface area contributed by atoms with Gasteiger partial charge < -0.3 is 5.11 Å². The zero-order valence-corrected chi connectivity index (χ0v) is 11.6. The molecule has 0 unspecified atom stereocenters. The van der Waals surface area contributed by atoms with Gasteiger partial charge in [0, 0.05) is 5.92 Å². The zero-order chi connectivity index (χ0) is 13.8. The average Bonchev–Trinajstić information content (AvgIpc) is 2.77. The first-order valence-corrected chi connectivity index (χ1v) is 6.47. The van der Waals surface area contributed by atoms with Gasteiger partial charge >= 0.3 is 5.97 Å². The number of hydrogen-bond donors (Lipinski definition) is 1. The number of nitrogens with zero attached hydrogens (tertiary/aromatic N) is 4. The zero-order valence-electron chi connectivity index (χ0n) is 11.6. The molecule has 0 saturated carbocycles. The summed E-state index contributed by atoms with van der Waals surface area (Å²) in [5, 5.41) is 20.8. The molecule has 6 nitrogen and oxygen atoms in total. The van der Waals surface area contributed by atoms with Crippen LogP contribution in [0.5, 0.6) is 0 Å². The Labute approximate surface area is 107 Å². The molecule has 1 rings (SSSR count). The van der Waals surface area contributed by atoms with Crippen molar-refractivity contribution in [2.24, 2.45) is 0 Å². The van der Waals surface area contributed by atoms with E-state index in [2.05, 4.69) is 29.4 Å². The Morgan fingerprint density at radius 3 is 2.33 bits per heavy atom. The predicted molar refractivity (Wildman–Crippen MR) is 67.3 cm³/mol. The molecular weight excluding hydrogens is 232 g/mol. The van der Waals surface area contributed by atoms with Gasteiger partial charge in [0.25, 0.3) is 0 Å². The van der Waals surface area contributed by atoms with Crippen LogP contribution >= 0.6 is 0 Å². The van der Waals surface area contributed by atoms with Crippen LogP contribution in [0.1, 0.15) is 65.1 Å². The largest absolute Gasteiger partial charge is 0.479 e. The van der Waals surface area contributed by atoms with Crippen LogP contribution in [0, 0.1) is 0 Å². The van der Waals surface area contributed by atoms with Crippen LogP contribution in [0.25, 0.3) is 0 Å². The minimum Gasteiger partial charge on any atom is -0.479 e. The molecular formula is C12H22N4O2. The Balaban J connectivity index is 3.10. The SMILES string of the molecule is CCCC(CCC)c1nnnn1C(C)(C)C(=O)O. The Morgan fingerprint density at radius 2 is 1.89 bits per heavy atom. The highest BCUT2D eigenvalue weighted by Crippen LogP contribution is 2.27. The van der Waals surface area contributed by atoms with E-state index in [0.717, 1.165) is 25.7 Å². The molecule has 0 radical (unpaired) electrons. The van der Waals surface area contributed by atoms with Gasteiger partial charge in [-0.15, -0.1) is 5.10 Å². The average molecular weight is 254 g/mol. The first-order valence-electron chi connectivity index (χ1n) is 6.47. The van der Waals surface area contributed by atoms with Crippen LogP contribution in [0.4, 0.5) is 0 Å². The summed E-state index contributed by atoms with van der Waals surface area (Å²) in [6.07, 6.45) is 4.02. The highest BCUT2D eigenvalue weighted by molar-refractivity contribution is 5.75. The van der Waals surface area contributed by atoms with Gasteiger partial charge in [-0.3, -0.25) is 0 Å². The molecule has 0 spiro atoms. The summed E-state index contributed by atoms with van der Waals surface area (Å²) in [6, 6.07) is 0. The molecule has 0 aliphatic heterocycles. The highest BCUT2D eigenvalue weighted by Gasteiger charge is 2.35. The topological polar surface area (TPSA) is 80.9 Å². The van der Waals surface area contributed by atoms with E-state index < -0.39 is 11.5 Å². The summed E-state index contributed by atoms with van der Waals surface area (Å²) in [6.45, 7) is 7.45. The Bertz CT molecular complexity index is 395. The summed E-state index contributed by atoms with van der Waals surface area (Å²) in [4.78, 5) is 11.3. The summed E-state index contributed by atoms with van der Waals surface area (Å²) in [5.41, 5.74) is -1.11. The second kappa shape index (κ2) is 5.93. The fourth-order valence-electron chi connectivity index (χ4n) is 2.04. The number of carboxylic acid groups (broad SMARTS) is 1. The number of aliphatic carboxylic acids is 1. The molecule has 18 heavy (non-hydrogen) atoms. The molecule has 0 fully saturated rings. The molecule has 0 amide bonds. The Hall–Kier alpha value is -1.46. The second-order valence-corrected chi connectivity index (χ2v) is 5.09. The van der Waals surface area contributed by atoms with Crippen molar-refractivity contribution in [3.63, 3.8) is 0 Å². The number of hydrogen-bond acceptors (Lipinski definition) is 4. The van der Waals surface area contributed by atoms with Gasteiger partial charge in [0.05, 0.1) is 0 Å². The number of carboxylic acids is 1. The molecule has 6 heteroatoms. The standard InChI is InChI=1S/C12H22N4O2/c1-5-7-9(8-6-2)10-13-14-15-16(10)12(3,4)11(17)18/h9H,5-8H2,1-4H3,(H,17,18). The highest BCUT2D eigenvalue weighted by atomic mass is 16.4. The lowest BCUT2D eigenvalue weighted by Gasteiger charge is -2.23. The molecule has 0 saturated heterocycles. The van der Waals surface area contributed by atoms with E-state index in [-0.39, 0.29) is 5.92 Å². The smallest absolute Gasteiger partial charge is 0.331 e. The predicted octanol–water partition coefficient (Wildman–Crippen LogP) is 2.18. The molecule has 0 aromatic carbocycles. The first kappa shape index (κ1) is 14.6. The van der Waals surface area contributed by atoms with E-state index in [1.54, 1.807) is 13.8 Å². The van der Waals surface area contributed by atoms with Gasteiger partial charge in [0.15, 0.2) is 11.4 Å². The molecule has 0 aliphatic carbocycles. The van der Waals surface area contributed by atoms with Crippen molar-refractivity contribution in [1.29, 1.82) is 0 Å². The summed E-state index contributed by atoms with van der Waals surface area (Å²) in [7, 11) is 0. The van der Waals surface area contributed by atoms with E-state index in [9.17, 15) is 9.90 Å². The van der Waals surface area contributed by atoms with Crippen molar-refractivity contribution >= 4 is 5.97 Å². The minimum atomic E-state index is -1.11. The number of rotatable bonds is 7. The Morgan fingerprint density at radius 1 is 1.33 bits per heavy atom. The van der Waals surface area contributed by atoms with Crippen LogP contribution in [-0.2, 0) is 10.3 Å². The van der Waals surface area contributed by atoms with Crippen LogP contribution in [0.2, 0.25) is 0 Å². The van der Waals surface area contributed by atoms with Crippen LogP contribution in [-0.4, -0.2) is 31.3 Å². The lowest BCUT2D eigenvalue weighted by molar-refractivity contribution is -0.146. The van der Waals surface area contributed by atoms with E-state index in [0.29, 0.717) is 5.82 Å². The third-order valence-electron chi connectivity index (χ3n) is 3.19. The summed E-state index contributed by atoms with van der Waals surface area (Å²) < 4.78 is 1.45. The fraction of sp³-hybridized carbons (Fsp3) is 0.833. The maximum absolute atomic E-state index is 11.3. The van der Waals surface area contributed by atoms with Gasteiger partial charge in [-0.05, 0) is 37.1 Å². The van der Waals surface area contributed by atoms with Crippen LogP contribution in [0.15, 0.2) is 0 Å².